The smallest absolute Gasteiger partial charge is 0.0558 e. The Labute approximate surface area is 74.5 Å². The molecule has 0 unspecified atom stereocenters. The zero-order chi connectivity index (χ0) is 8.97. The van der Waals surface area contributed by atoms with Crippen molar-refractivity contribution in [3.63, 3.8) is 0 Å². The summed E-state index contributed by atoms with van der Waals surface area (Å²) < 4.78 is 0. The minimum Gasteiger partial charge on any atom is -0.395 e. The Morgan fingerprint density at radius 3 is 2.42 bits per heavy atom. The van der Waals surface area contributed by atoms with E-state index in [1.54, 1.807) is 0 Å². The lowest BCUT2D eigenvalue weighted by atomic mass is 9.91. The van der Waals surface area contributed by atoms with Crippen LogP contribution in [0, 0.1) is 0 Å². The molecule has 0 atom stereocenters. The molecule has 0 aromatic rings. The second-order valence-electron chi connectivity index (χ2n) is 3.77. The van der Waals surface area contributed by atoms with Crippen molar-refractivity contribution >= 4 is 0 Å². The van der Waals surface area contributed by atoms with Crippen molar-refractivity contribution in [2.24, 2.45) is 5.73 Å². The molecule has 72 valence electrons. The van der Waals surface area contributed by atoms with Gasteiger partial charge in [0.05, 0.1) is 6.61 Å². The van der Waals surface area contributed by atoms with E-state index < -0.39 is 0 Å². The van der Waals surface area contributed by atoms with Crippen LogP contribution in [0.2, 0.25) is 0 Å². The molecule has 0 bridgehead atoms. The first-order valence-corrected chi connectivity index (χ1v) is 4.80. The lowest BCUT2D eigenvalue weighted by Crippen LogP contribution is -2.39. The van der Waals surface area contributed by atoms with Crippen LogP contribution in [0.3, 0.4) is 0 Å². The van der Waals surface area contributed by atoms with Crippen molar-refractivity contribution in [1.82, 2.24) is 4.90 Å². The Kier molecular flexibility index (Phi) is 3.98. The van der Waals surface area contributed by atoms with Crippen LogP contribution in [0.4, 0.5) is 0 Å². The maximum Gasteiger partial charge on any atom is 0.0558 e. The maximum atomic E-state index is 8.75. The molecule has 12 heavy (non-hydrogen) atoms. The van der Waals surface area contributed by atoms with Gasteiger partial charge < -0.3 is 15.7 Å². The molecule has 3 N–H and O–H groups in total. The second kappa shape index (κ2) is 4.80. The standard InChI is InChI=1S/C9H20N2O/c1-11(6-7-12)9-4-2-8(10)3-5-9/h8-9,12H,2-7,10H2,1H3. The summed E-state index contributed by atoms with van der Waals surface area (Å²) in [5, 5.41) is 8.75. The predicted molar refractivity (Wildman–Crippen MR) is 49.9 cm³/mol. The molecule has 1 aliphatic rings. The van der Waals surface area contributed by atoms with Crippen LogP contribution in [0.1, 0.15) is 25.7 Å². The number of rotatable bonds is 3. The summed E-state index contributed by atoms with van der Waals surface area (Å²) >= 11 is 0. The van der Waals surface area contributed by atoms with Gasteiger partial charge in [-0.3, -0.25) is 0 Å². The molecule has 1 rings (SSSR count). The molecule has 0 saturated heterocycles. The molecular weight excluding hydrogens is 152 g/mol. The normalized spacial score (nSPS) is 31.0. The van der Waals surface area contributed by atoms with Crippen LogP contribution >= 0.6 is 0 Å². The third kappa shape index (κ3) is 2.73. The van der Waals surface area contributed by atoms with Gasteiger partial charge in [-0.05, 0) is 32.7 Å². The van der Waals surface area contributed by atoms with Crippen LogP contribution in [-0.2, 0) is 0 Å². The number of hydrogen-bond donors (Lipinski definition) is 2. The Hall–Kier alpha value is -0.120. The van der Waals surface area contributed by atoms with E-state index >= 15 is 0 Å². The maximum absolute atomic E-state index is 8.75. The van der Waals surface area contributed by atoms with Gasteiger partial charge in [-0.2, -0.15) is 0 Å². The molecular formula is C9H20N2O. The second-order valence-corrected chi connectivity index (χ2v) is 3.77. The molecule has 0 aromatic heterocycles. The number of nitrogens with zero attached hydrogens (tertiary/aromatic N) is 1. The fourth-order valence-electron chi connectivity index (χ4n) is 1.88. The molecule has 1 saturated carbocycles. The molecule has 0 heterocycles. The Morgan fingerprint density at radius 2 is 1.92 bits per heavy atom. The van der Waals surface area contributed by atoms with Crippen molar-refractivity contribution in [1.29, 1.82) is 0 Å². The van der Waals surface area contributed by atoms with E-state index in [4.69, 9.17) is 10.8 Å². The third-order valence-corrected chi connectivity index (χ3v) is 2.82. The van der Waals surface area contributed by atoms with Gasteiger partial charge in [0.1, 0.15) is 0 Å². The van der Waals surface area contributed by atoms with Gasteiger partial charge in [0.25, 0.3) is 0 Å². The topological polar surface area (TPSA) is 49.5 Å². The number of nitrogens with two attached hydrogens (primary N) is 1. The summed E-state index contributed by atoms with van der Waals surface area (Å²) in [7, 11) is 2.08. The molecule has 3 nitrogen and oxygen atoms in total. The zero-order valence-electron chi connectivity index (χ0n) is 7.87. The summed E-state index contributed by atoms with van der Waals surface area (Å²) in [6, 6.07) is 1.07. The first-order valence-electron chi connectivity index (χ1n) is 4.80. The molecule has 0 amide bonds. The van der Waals surface area contributed by atoms with E-state index in [0.717, 1.165) is 19.4 Å². The fourth-order valence-corrected chi connectivity index (χ4v) is 1.88. The lowest BCUT2D eigenvalue weighted by molar-refractivity contribution is 0.147. The zero-order valence-corrected chi connectivity index (χ0v) is 7.87. The highest BCUT2D eigenvalue weighted by Gasteiger charge is 2.21. The van der Waals surface area contributed by atoms with E-state index in [9.17, 15) is 0 Å². The number of aliphatic hydroxyl groups is 1. The highest BCUT2D eigenvalue weighted by Crippen LogP contribution is 2.20. The molecule has 1 aliphatic carbocycles. The monoisotopic (exact) mass is 172 g/mol. The van der Waals surface area contributed by atoms with E-state index in [-0.39, 0.29) is 6.61 Å². The van der Waals surface area contributed by atoms with Crippen LogP contribution in [-0.4, -0.2) is 42.3 Å². The summed E-state index contributed by atoms with van der Waals surface area (Å²) in [5.74, 6) is 0. The highest BCUT2D eigenvalue weighted by molar-refractivity contribution is 4.79. The average molecular weight is 172 g/mol. The largest absolute Gasteiger partial charge is 0.395 e. The van der Waals surface area contributed by atoms with Gasteiger partial charge in [-0.25, -0.2) is 0 Å². The Bertz CT molecular complexity index is 122. The number of likely N-dealkylation sites (N-methyl/N-ethyl adjacent to an activating group) is 1. The first kappa shape index (κ1) is 9.96. The van der Waals surface area contributed by atoms with E-state index in [2.05, 4.69) is 11.9 Å². The van der Waals surface area contributed by atoms with Crippen LogP contribution in [0.5, 0.6) is 0 Å². The highest BCUT2D eigenvalue weighted by atomic mass is 16.3. The minimum atomic E-state index is 0.263. The van der Waals surface area contributed by atoms with Gasteiger partial charge in [-0.15, -0.1) is 0 Å². The molecule has 0 aliphatic heterocycles. The van der Waals surface area contributed by atoms with Crippen molar-refractivity contribution in [3.8, 4) is 0 Å². The Balaban J connectivity index is 2.24. The SMILES string of the molecule is CN(CCO)C1CCC(N)CC1. The van der Waals surface area contributed by atoms with Crippen LogP contribution in [0.15, 0.2) is 0 Å². The molecule has 3 heteroatoms. The molecule has 1 fully saturated rings. The quantitative estimate of drug-likeness (QED) is 0.638. The summed E-state index contributed by atoms with van der Waals surface area (Å²) in [5.41, 5.74) is 5.80. The van der Waals surface area contributed by atoms with Gasteiger partial charge in [-0.1, -0.05) is 0 Å². The van der Waals surface area contributed by atoms with Gasteiger partial charge in [0, 0.05) is 18.6 Å². The molecule has 0 spiro atoms. The average Bonchev–Trinajstić information content (AvgIpc) is 2.06. The van der Waals surface area contributed by atoms with Crippen molar-refractivity contribution in [2.45, 2.75) is 37.8 Å². The molecule has 0 aromatic carbocycles. The van der Waals surface area contributed by atoms with Crippen molar-refractivity contribution in [2.75, 3.05) is 20.2 Å². The first-order chi connectivity index (χ1) is 5.74. The van der Waals surface area contributed by atoms with Crippen molar-refractivity contribution in [3.05, 3.63) is 0 Å². The minimum absolute atomic E-state index is 0.263. The summed E-state index contributed by atoms with van der Waals surface area (Å²) in [4.78, 5) is 2.24. The van der Waals surface area contributed by atoms with E-state index in [1.165, 1.54) is 12.8 Å². The number of aliphatic hydroxyl groups excluding tert-OH is 1. The third-order valence-electron chi connectivity index (χ3n) is 2.82. The van der Waals surface area contributed by atoms with Gasteiger partial charge >= 0.3 is 0 Å². The van der Waals surface area contributed by atoms with Crippen LogP contribution in [0.25, 0.3) is 0 Å². The fraction of sp³-hybridized carbons (Fsp3) is 1.00. The lowest BCUT2D eigenvalue weighted by Gasteiger charge is -2.33. The summed E-state index contributed by atoms with van der Waals surface area (Å²) in [6.45, 7) is 1.05. The number of hydrogen-bond acceptors (Lipinski definition) is 3. The van der Waals surface area contributed by atoms with Crippen molar-refractivity contribution < 1.29 is 5.11 Å². The van der Waals surface area contributed by atoms with Gasteiger partial charge in [0.2, 0.25) is 0 Å². The summed E-state index contributed by atoms with van der Waals surface area (Å²) in [6.07, 6.45) is 4.66. The molecule has 0 radical (unpaired) electrons. The predicted octanol–water partition coefficient (Wildman–Crippen LogP) is 0.180. The Morgan fingerprint density at radius 1 is 1.33 bits per heavy atom. The van der Waals surface area contributed by atoms with E-state index in [0.29, 0.717) is 12.1 Å². The van der Waals surface area contributed by atoms with E-state index in [1.807, 2.05) is 0 Å². The van der Waals surface area contributed by atoms with Crippen LogP contribution < -0.4 is 5.73 Å². The van der Waals surface area contributed by atoms with Gasteiger partial charge in [0.15, 0.2) is 0 Å².